The maximum absolute atomic E-state index is 13.7. The predicted octanol–water partition coefficient (Wildman–Crippen LogP) is 4.19. The van der Waals surface area contributed by atoms with Gasteiger partial charge < -0.3 is 15.4 Å². The van der Waals surface area contributed by atoms with Crippen molar-refractivity contribution in [1.29, 1.82) is 0 Å². The molecule has 2 N–H and O–H groups in total. The fourth-order valence-electron chi connectivity index (χ4n) is 2.12. The number of anilines is 1. The van der Waals surface area contributed by atoms with E-state index in [0.717, 1.165) is 16.8 Å². The summed E-state index contributed by atoms with van der Waals surface area (Å²) in [6, 6.07) is 12.7. The number of hydrogen-bond acceptors (Lipinski definition) is 2. The zero-order valence-corrected chi connectivity index (χ0v) is 13.6. The van der Waals surface area contributed by atoms with Crippen molar-refractivity contribution in [3.63, 3.8) is 0 Å². The lowest BCUT2D eigenvalue weighted by Gasteiger charge is -2.18. The zero-order valence-electron chi connectivity index (χ0n) is 12.8. The quantitative estimate of drug-likeness (QED) is 0.828. The van der Waals surface area contributed by atoms with Crippen molar-refractivity contribution in [3.8, 4) is 5.75 Å². The number of nitrogens with one attached hydrogen (secondary N) is 2. The summed E-state index contributed by atoms with van der Waals surface area (Å²) in [7, 11) is 1.45. The molecule has 3 nitrogen and oxygen atoms in total. The van der Waals surface area contributed by atoms with Gasteiger partial charge in [-0.15, -0.1) is 0 Å². The average Bonchev–Trinajstić information content (AvgIpc) is 2.46. The molecule has 0 aliphatic carbocycles. The molecule has 2 aromatic carbocycles. The molecule has 0 unspecified atom stereocenters. The van der Waals surface area contributed by atoms with Gasteiger partial charge in [0.15, 0.2) is 16.7 Å². The Bertz CT molecular complexity index is 675. The number of benzene rings is 2. The van der Waals surface area contributed by atoms with Gasteiger partial charge in [-0.3, -0.25) is 0 Å². The smallest absolute Gasteiger partial charge is 0.171 e. The molecule has 5 heteroatoms. The van der Waals surface area contributed by atoms with Crippen LogP contribution in [0.2, 0.25) is 0 Å². The normalized spacial score (nSPS) is 11.6. The minimum Gasteiger partial charge on any atom is -0.494 e. The number of thiocarbonyl (C=S) groups is 1. The van der Waals surface area contributed by atoms with E-state index in [4.69, 9.17) is 17.0 Å². The van der Waals surface area contributed by atoms with E-state index < -0.39 is 0 Å². The molecule has 0 amide bonds. The van der Waals surface area contributed by atoms with Gasteiger partial charge in [-0.25, -0.2) is 4.39 Å². The lowest BCUT2D eigenvalue weighted by atomic mass is 10.1. The van der Waals surface area contributed by atoms with Gasteiger partial charge in [-0.1, -0.05) is 18.2 Å². The first kappa shape index (κ1) is 16.2. The molecule has 22 heavy (non-hydrogen) atoms. The molecule has 0 aromatic heterocycles. The second-order valence-electron chi connectivity index (χ2n) is 5.08. The van der Waals surface area contributed by atoms with Gasteiger partial charge >= 0.3 is 0 Å². The Balaban J connectivity index is 2.00. The van der Waals surface area contributed by atoms with Gasteiger partial charge in [-0.05, 0) is 61.5 Å². The van der Waals surface area contributed by atoms with Crippen molar-refractivity contribution in [2.45, 2.75) is 19.9 Å². The van der Waals surface area contributed by atoms with Gasteiger partial charge in [0.2, 0.25) is 0 Å². The van der Waals surface area contributed by atoms with Crippen molar-refractivity contribution >= 4 is 23.0 Å². The Morgan fingerprint density at radius 2 is 2.00 bits per heavy atom. The predicted molar refractivity (Wildman–Crippen MR) is 91.9 cm³/mol. The summed E-state index contributed by atoms with van der Waals surface area (Å²) in [5.41, 5.74) is 2.87. The van der Waals surface area contributed by atoms with Crippen molar-refractivity contribution in [2.24, 2.45) is 0 Å². The van der Waals surface area contributed by atoms with E-state index in [0.29, 0.717) is 5.11 Å². The van der Waals surface area contributed by atoms with E-state index in [-0.39, 0.29) is 17.6 Å². The van der Waals surface area contributed by atoms with E-state index >= 15 is 0 Å². The van der Waals surface area contributed by atoms with Crippen LogP contribution in [0.25, 0.3) is 0 Å². The topological polar surface area (TPSA) is 33.3 Å². The molecule has 2 rings (SSSR count). The third kappa shape index (κ3) is 4.18. The monoisotopic (exact) mass is 318 g/mol. The van der Waals surface area contributed by atoms with E-state index in [1.807, 2.05) is 44.2 Å². The van der Waals surface area contributed by atoms with Gasteiger partial charge in [0, 0.05) is 5.69 Å². The van der Waals surface area contributed by atoms with Crippen LogP contribution in [-0.2, 0) is 0 Å². The molecule has 0 heterocycles. The minimum absolute atomic E-state index is 0.120. The molecular weight excluding hydrogens is 299 g/mol. The summed E-state index contributed by atoms with van der Waals surface area (Å²) in [4.78, 5) is 0. The zero-order chi connectivity index (χ0) is 16.1. The second kappa shape index (κ2) is 7.22. The number of halogens is 1. The molecule has 0 saturated carbocycles. The first-order valence-corrected chi connectivity index (χ1v) is 7.38. The van der Waals surface area contributed by atoms with Gasteiger partial charge in [0.05, 0.1) is 13.2 Å². The van der Waals surface area contributed by atoms with Crippen LogP contribution < -0.4 is 15.4 Å². The standard InChI is InChI=1S/C17H19FN2OS/c1-11-5-4-6-14(9-11)20-17(22)19-12(2)13-7-8-16(21-3)15(18)10-13/h4-10,12H,1-3H3,(H2,19,20,22)/t12-/m1/s1. The summed E-state index contributed by atoms with van der Waals surface area (Å²) >= 11 is 5.30. The molecule has 0 spiro atoms. The van der Waals surface area contributed by atoms with Crippen LogP contribution in [0.3, 0.4) is 0 Å². The summed E-state index contributed by atoms with van der Waals surface area (Å²) in [5, 5.41) is 6.76. The Hall–Kier alpha value is -2.14. The molecule has 1 atom stereocenters. The highest BCUT2D eigenvalue weighted by atomic mass is 32.1. The first-order chi connectivity index (χ1) is 10.5. The van der Waals surface area contributed by atoms with Gasteiger partial charge in [0.1, 0.15) is 0 Å². The van der Waals surface area contributed by atoms with Crippen molar-refractivity contribution < 1.29 is 9.13 Å². The van der Waals surface area contributed by atoms with Crippen molar-refractivity contribution in [1.82, 2.24) is 5.32 Å². The molecular formula is C17H19FN2OS. The van der Waals surface area contributed by atoms with Crippen molar-refractivity contribution in [3.05, 3.63) is 59.4 Å². The van der Waals surface area contributed by atoms with E-state index in [2.05, 4.69) is 10.6 Å². The van der Waals surface area contributed by atoms with E-state index in [1.54, 1.807) is 6.07 Å². The van der Waals surface area contributed by atoms with Crippen LogP contribution in [0.15, 0.2) is 42.5 Å². The van der Waals surface area contributed by atoms with Crippen LogP contribution in [-0.4, -0.2) is 12.2 Å². The molecule has 0 fully saturated rings. The third-order valence-corrected chi connectivity index (χ3v) is 3.52. The number of rotatable bonds is 4. The summed E-state index contributed by atoms with van der Waals surface area (Å²) in [5.74, 6) is -0.150. The summed E-state index contributed by atoms with van der Waals surface area (Å²) in [6.45, 7) is 3.94. The van der Waals surface area contributed by atoms with Gasteiger partial charge in [0.25, 0.3) is 0 Å². The number of ether oxygens (including phenoxy) is 1. The molecule has 116 valence electrons. The first-order valence-electron chi connectivity index (χ1n) is 6.97. The van der Waals surface area contributed by atoms with Crippen LogP contribution in [0.5, 0.6) is 5.75 Å². The van der Waals surface area contributed by atoms with Crippen LogP contribution in [0.4, 0.5) is 10.1 Å². The fraction of sp³-hybridized carbons (Fsp3) is 0.235. The number of hydrogen-bond donors (Lipinski definition) is 2. The highest BCUT2D eigenvalue weighted by molar-refractivity contribution is 7.80. The molecule has 2 aromatic rings. The van der Waals surface area contributed by atoms with Crippen LogP contribution in [0.1, 0.15) is 24.1 Å². The van der Waals surface area contributed by atoms with Crippen LogP contribution >= 0.6 is 12.2 Å². The highest BCUT2D eigenvalue weighted by Gasteiger charge is 2.10. The summed E-state index contributed by atoms with van der Waals surface area (Å²) < 4.78 is 18.7. The maximum atomic E-state index is 13.7. The van der Waals surface area contributed by atoms with E-state index in [9.17, 15) is 4.39 Å². The Labute approximate surface area is 135 Å². The largest absolute Gasteiger partial charge is 0.494 e. The lowest BCUT2D eigenvalue weighted by molar-refractivity contribution is 0.386. The third-order valence-electron chi connectivity index (χ3n) is 3.30. The Morgan fingerprint density at radius 1 is 1.23 bits per heavy atom. The number of methoxy groups -OCH3 is 1. The molecule has 0 saturated heterocycles. The average molecular weight is 318 g/mol. The van der Waals surface area contributed by atoms with Gasteiger partial charge in [-0.2, -0.15) is 0 Å². The SMILES string of the molecule is COc1ccc([C@@H](C)NC(=S)Nc2cccc(C)c2)cc1F. The van der Waals surface area contributed by atoms with Crippen LogP contribution in [0, 0.1) is 12.7 Å². The molecule has 0 bridgehead atoms. The second-order valence-corrected chi connectivity index (χ2v) is 5.49. The molecule has 0 aliphatic heterocycles. The lowest BCUT2D eigenvalue weighted by Crippen LogP contribution is -2.30. The highest BCUT2D eigenvalue weighted by Crippen LogP contribution is 2.21. The molecule has 0 radical (unpaired) electrons. The molecule has 0 aliphatic rings. The number of aryl methyl sites for hydroxylation is 1. The van der Waals surface area contributed by atoms with Crippen molar-refractivity contribution in [2.75, 3.05) is 12.4 Å². The van der Waals surface area contributed by atoms with E-state index in [1.165, 1.54) is 13.2 Å². The Morgan fingerprint density at radius 3 is 2.64 bits per heavy atom. The minimum atomic E-state index is -0.383. The Kier molecular flexibility index (Phi) is 5.33. The fourth-order valence-corrected chi connectivity index (χ4v) is 2.42. The summed E-state index contributed by atoms with van der Waals surface area (Å²) in [6.07, 6.45) is 0. The maximum Gasteiger partial charge on any atom is 0.171 e.